The van der Waals surface area contributed by atoms with Gasteiger partial charge in [-0.25, -0.2) is 4.98 Å². The van der Waals surface area contributed by atoms with Crippen molar-refractivity contribution in [2.75, 3.05) is 23.8 Å². The van der Waals surface area contributed by atoms with Gasteiger partial charge in [-0.1, -0.05) is 51.5 Å². The van der Waals surface area contributed by atoms with Crippen LogP contribution < -0.4 is 4.90 Å². The number of aromatic amines is 1. The third-order valence-electron chi connectivity index (χ3n) is 4.11. The van der Waals surface area contributed by atoms with Gasteiger partial charge in [0, 0.05) is 15.7 Å². The standard InChI is InChI=1S/C21H21BrN4O3S/c1-3-29-19(28)12-26(17-9-7-16(22)8-10-17)18(27)13-30-21-23-20(24-25-21)15-6-4-5-14(2)11-15/h4-11H,3,12-13H2,1-2H3,(H,23,24,25). The number of benzene rings is 2. The Balaban J connectivity index is 1.69. The molecule has 0 fully saturated rings. The summed E-state index contributed by atoms with van der Waals surface area (Å²) in [6.45, 7) is 3.84. The number of carbonyl (C=O) groups is 2. The summed E-state index contributed by atoms with van der Waals surface area (Å²) in [5.74, 6) is 0.0289. The molecule has 0 radical (unpaired) electrons. The van der Waals surface area contributed by atoms with Crippen LogP contribution >= 0.6 is 27.7 Å². The number of anilines is 1. The highest BCUT2D eigenvalue weighted by atomic mass is 79.9. The summed E-state index contributed by atoms with van der Waals surface area (Å²) in [4.78, 5) is 30.7. The van der Waals surface area contributed by atoms with Crippen LogP contribution in [-0.2, 0) is 14.3 Å². The molecule has 2 aromatic carbocycles. The van der Waals surface area contributed by atoms with E-state index in [-0.39, 0.29) is 24.8 Å². The highest BCUT2D eigenvalue weighted by molar-refractivity contribution is 9.10. The monoisotopic (exact) mass is 488 g/mol. The van der Waals surface area contributed by atoms with Gasteiger partial charge in [-0.05, 0) is 44.2 Å². The summed E-state index contributed by atoms with van der Waals surface area (Å²) in [6, 6.07) is 15.1. The third-order valence-corrected chi connectivity index (χ3v) is 5.47. The molecule has 9 heteroatoms. The van der Waals surface area contributed by atoms with Crippen LogP contribution in [0.1, 0.15) is 12.5 Å². The maximum absolute atomic E-state index is 12.9. The maximum atomic E-state index is 12.9. The number of aryl methyl sites for hydroxylation is 1. The van der Waals surface area contributed by atoms with E-state index < -0.39 is 5.97 Å². The summed E-state index contributed by atoms with van der Waals surface area (Å²) in [5.41, 5.74) is 2.67. The average molecular weight is 489 g/mol. The first-order chi connectivity index (χ1) is 14.5. The molecule has 1 heterocycles. The lowest BCUT2D eigenvalue weighted by molar-refractivity contribution is -0.142. The van der Waals surface area contributed by atoms with Gasteiger partial charge in [0.05, 0.1) is 12.4 Å². The molecular weight excluding hydrogens is 468 g/mol. The first-order valence-corrected chi connectivity index (χ1v) is 11.1. The zero-order chi connectivity index (χ0) is 21.5. The van der Waals surface area contributed by atoms with E-state index in [4.69, 9.17) is 4.74 Å². The van der Waals surface area contributed by atoms with Crippen LogP contribution in [-0.4, -0.2) is 46.0 Å². The zero-order valence-corrected chi connectivity index (χ0v) is 19.0. The number of ether oxygens (including phenoxy) is 1. The summed E-state index contributed by atoms with van der Waals surface area (Å²) >= 11 is 4.58. The van der Waals surface area contributed by atoms with Crippen molar-refractivity contribution in [3.63, 3.8) is 0 Å². The highest BCUT2D eigenvalue weighted by Gasteiger charge is 2.21. The Kier molecular flexibility index (Phi) is 7.64. The Morgan fingerprint density at radius 1 is 1.20 bits per heavy atom. The summed E-state index contributed by atoms with van der Waals surface area (Å²) in [5, 5.41) is 7.55. The van der Waals surface area contributed by atoms with Crippen LogP contribution in [0.4, 0.5) is 5.69 Å². The lowest BCUT2D eigenvalue weighted by Crippen LogP contribution is -2.37. The molecule has 0 atom stereocenters. The fraction of sp³-hybridized carbons (Fsp3) is 0.238. The molecule has 156 valence electrons. The van der Waals surface area contributed by atoms with Crippen molar-refractivity contribution in [3.8, 4) is 11.4 Å². The van der Waals surface area contributed by atoms with Gasteiger partial charge in [-0.3, -0.25) is 14.7 Å². The Labute approximate surface area is 187 Å². The number of H-pyrrole nitrogens is 1. The van der Waals surface area contributed by atoms with Crippen molar-refractivity contribution in [2.45, 2.75) is 19.0 Å². The van der Waals surface area contributed by atoms with Crippen LogP contribution in [0.5, 0.6) is 0 Å². The Bertz CT molecular complexity index is 1020. The van der Waals surface area contributed by atoms with Crippen molar-refractivity contribution in [2.24, 2.45) is 0 Å². The maximum Gasteiger partial charge on any atom is 0.326 e. The minimum absolute atomic E-state index is 0.0839. The van der Waals surface area contributed by atoms with E-state index >= 15 is 0 Å². The molecule has 0 unspecified atom stereocenters. The normalized spacial score (nSPS) is 10.6. The Hall–Kier alpha value is -2.65. The van der Waals surface area contributed by atoms with E-state index in [1.165, 1.54) is 16.7 Å². The third kappa shape index (κ3) is 5.93. The second kappa shape index (κ2) is 10.4. The average Bonchev–Trinajstić information content (AvgIpc) is 3.20. The number of thioether (sulfide) groups is 1. The first-order valence-electron chi connectivity index (χ1n) is 9.30. The second-order valence-electron chi connectivity index (χ2n) is 6.39. The predicted molar refractivity (Wildman–Crippen MR) is 120 cm³/mol. The number of nitrogens with one attached hydrogen (secondary N) is 1. The van der Waals surface area contributed by atoms with E-state index in [1.807, 2.05) is 43.3 Å². The van der Waals surface area contributed by atoms with Gasteiger partial charge in [0.2, 0.25) is 11.1 Å². The Morgan fingerprint density at radius 3 is 2.67 bits per heavy atom. The molecule has 0 aliphatic rings. The number of rotatable bonds is 8. The van der Waals surface area contributed by atoms with E-state index in [2.05, 4.69) is 31.1 Å². The molecule has 0 spiro atoms. The molecule has 30 heavy (non-hydrogen) atoms. The van der Waals surface area contributed by atoms with Crippen molar-refractivity contribution in [1.82, 2.24) is 15.2 Å². The number of hydrogen-bond acceptors (Lipinski definition) is 6. The quantitative estimate of drug-likeness (QED) is 0.377. The molecule has 0 aliphatic heterocycles. The summed E-state index contributed by atoms with van der Waals surface area (Å²) < 4.78 is 5.90. The van der Waals surface area contributed by atoms with E-state index in [1.54, 1.807) is 19.1 Å². The Morgan fingerprint density at radius 2 is 1.97 bits per heavy atom. The molecule has 1 N–H and O–H groups in total. The molecule has 0 saturated heterocycles. The number of nitrogens with zero attached hydrogens (tertiary/aromatic N) is 3. The van der Waals surface area contributed by atoms with Crippen LogP contribution in [0, 0.1) is 6.92 Å². The van der Waals surface area contributed by atoms with Crippen molar-refractivity contribution < 1.29 is 14.3 Å². The number of halogens is 1. The lowest BCUT2D eigenvalue weighted by Gasteiger charge is -2.21. The van der Waals surface area contributed by atoms with Crippen molar-refractivity contribution >= 4 is 45.3 Å². The minimum atomic E-state index is -0.460. The van der Waals surface area contributed by atoms with Gasteiger partial charge in [-0.15, -0.1) is 5.10 Å². The SMILES string of the molecule is CCOC(=O)CN(C(=O)CSc1n[nH]c(-c2cccc(C)c2)n1)c1ccc(Br)cc1. The summed E-state index contributed by atoms with van der Waals surface area (Å²) in [6.07, 6.45) is 0. The largest absolute Gasteiger partial charge is 0.465 e. The molecule has 0 saturated carbocycles. The minimum Gasteiger partial charge on any atom is -0.465 e. The number of hydrogen-bond donors (Lipinski definition) is 1. The lowest BCUT2D eigenvalue weighted by atomic mass is 10.1. The van der Waals surface area contributed by atoms with E-state index in [0.29, 0.717) is 16.7 Å². The molecule has 7 nitrogen and oxygen atoms in total. The molecule has 1 aromatic heterocycles. The van der Waals surface area contributed by atoms with Crippen LogP contribution in [0.15, 0.2) is 58.2 Å². The van der Waals surface area contributed by atoms with E-state index in [9.17, 15) is 9.59 Å². The molecule has 0 aliphatic carbocycles. The molecule has 3 rings (SSSR count). The van der Waals surface area contributed by atoms with Gasteiger partial charge >= 0.3 is 5.97 Å². The molecule has 0 bridgehead atoms. The first kappa shape index (κ1) is 22.0. The topological polar surface area (TPSA) is 88.2 Å². The predicted octanol–water partition coefficient (Wildman–Crippen LogP) is 4.23. The molecule has 1 amide bonds. The van der Waals surface area contributed by atoms with Crippen molar-refractivity contribution in [3.05, 3.63) is 58.6 Å². The zero-order valence-electron chi connectivity index (χ0n) is 16.6. The summed E-state index contributed by atoms with van der Waals surface area (Å²) in [7, 11) is 0. The smallest absolute Gasteiger partial charge is 0.326 e. The van der Waals surface area contributed by atoms with Gasteiger partial charge in [0.1, 0.15) is 6.54 Å². The number of carbonyl (C=O) groups excluding carboxylic acids is 2. The fourth-order valence-corrected chi connectivity index (χ4v) is 3.66. The van der Waals surface area contributed by atoms with Crippen LogP contribution in [0.3, 0.4) is 0 Å². The second-order valence-corrected chi connectivity index (χ2v) is 8.24. The van der Waals surface area contributed by atoms with E-state index in [0.717, 1.165) is 15.6 Å². The molecule has 3 aromatic rings. The van der Waals surface area contributed by atoms with Crippen LogP contribution in [0.2, 0.25) is 0 Å². The molecular formula is C21H21BrN4O3S. The van der Waals surface area contributed by atoms with Gasteiger partial charge in [0.15, 0.2) is 5.82 Å². The highest BCUT2D eigenvalue weighted by Crippen LogP contribution is 2.23. The van der Waals surface area contributed by atoms with Gasteiger partial charge in [-0.2, -0.15) is 0 Å². The number of aromatic nitrogens is 3. The number of esters is 1. The van der Waals surface area contributed by atoms with Crippen LogP contribution in [0.25, 0.3) is 11.4 Å². The van der Waals surface area contributed by atoms with Crippen molar-refractivity contribution in [1.29, 1.82) is 0 Å². The van der Waals surface area contributed by atoms with Gasteiger partial charge < -0.3 is 9.64 Å². The van der Waals surface area contributed by atoms with Gasteiger partial charge in [0.25, 0.3) is 0 Å². The fourth-order valence-electron chi connectivity index (χ4n) is 2.72. The number of amides is 1.